The van der Waals surface area contributed by atoms with Gasteiger partial charge < -0.3 is 5.11 Å². The van der Waals surface area contributed by atoms with Gasteiger partial charge in [-0.15, -0.1) is 5.10 Å². The van der Waals surface area contributed by atoms with Crippen LogP contribution in [0.15, 0.2) is 77.6 Å². The number of benzene rings is 2. The summed E-state index contributed by atoms with van der Waals surface area (Å²) in [5.74, 6) is -1.04. The van der Waals surface area contributed by atoms with Crippen LogP contribution in [0.4, 0.5) is 0 Å². The maximum Gasteiger partial charge on any atom is 0.354 e. The second kappa shape index (κ2) is 7.13. The fraction of sp³-hybridized carbons (Fsp3) is 0.0476. The number of hydrogen-bond donors (Lipinski definition) is 1. The minimum atomic E-state index is -1.04. The summed E-state index contributed by atoms with van der Waals surface area (Å²) in [5.41, 5.74) is 4.68. The van der Waals surface area contributed by atoms with Crippen LogP contribution in [-0.4, -0.2) is 27.0 Å². The molecule has 1 aliphatic heterocycles. The second-order valence-electron chi connectivity index (χ2n) is 6.02. The molecule has 0 saturated heterocycles. The van der Waals surface area contributed by atoms with Gasteiger partial charge in [0.15, 0.2) is 0 Å². The molecule has 3 aromatic rings. The predicted octanol–water partition coefficient (Wildman–Crippen LogP) is 4.63. The number of rotatable bonds is 4. The van der Waals surface area contributed by atoms with Gasteiger partial charge in [-0.2, -0.15) is 5.10 Å². The number of hydrogen-bond acceptors (Lipinski definition) is 4. The van der Waals surface area contributed by atoms with E-state index in [4.69, 9.17) is 11.6 Å². The Hall–Kier alpha value is -3.31. The zero-order valence-corrected chi connectivity index (χ0v) is 14.9. The summed E-state index contributed by atoms with van der Waals surface area (Å²) in [6.45, 7) is 0. The first-order chi connectivity index (χ1) is 13.1. The Balaban J connectivity index is 1.96. The molecule has 27 heavy (non-hydrogen) atoms. The molecule has 1 aliphatic rings. The van der Waals surface area contributed by atoms with Crippen LogP contribution in [-0.2, 0) is 4.79 Å². The fourth-order valence-corrected chi connectivity index (χ4v) is 3.27. The van der Waals surface area contributed by atoms with Gasteiger partial charge in [0.25, 0.3) is 0 Å². The highest BCUT2D eigenvalue weighted by Gasteiger charge is 2.23. The summed E-state index contributed by atoms with van der Waals surface area (Å²) in [6.07, 6.45) is 3.70. The molecular weight excluding hydrogens is 362 g/mol. The quantitative estimate of drug-likeness (QED) is 0.721. The summed E-state index contributed by atoms with van der Waals surface area (Å²) in [4.78, 5) is 15.6. The Kier molecular flexibility index (Phi) is 4.52. The van der Waals surface area contributed by atoms with Crippen molar-refractivity contribution >= 4 is 23.3 Å². The molecular formula is C21H14ClN3O2. The van der Waals surface area contributed by atoms with Crippen LogP contribution in [0, 0.1) is 0 Å². The molecule has 0 aliphatic carbocycles. The van der Waals surface area contributed by atoms with Gasteiger partial charge >= 0.3 is 5.97 Å². The molecule has 132 valence electrons. The van der Waals surface area contributed by atoms with Gasteiger partial charge in [-0.3, -0.25) is 0 Å². The van der Waals surface area contributed by atoms with Crippen molar-refractivity contribution in [3.8, 4) is 22.4 Å². The van der Waals surface area contributed by atoms with Crippen LogP contribution in [0.25, 0.3) is 22.4 Å². The molecule has 1 aromatic heterocycles. The number of aliphatic carboxylic acids is 1. The molecule has 0 radical (unpaired) electrons. The molecule has 0 spiro atoms. The minimum absolute atomic E-state index is 0.0397. The van der Waals surface area contributed by atoms with Crippen molar-refractivity contribution in [2.45, 2.75) is 6.42 Å². The van der Waals surface area contributed by atoms with Crippen LogP contribution >= 0.6 is 11.6 Å². The van der Waals surface area contributed by atoms with Crippen LogP contribution < -0.4 is 0 Å². The lowest BCUT2D eigenvalue weighted by Crippen LogP contribution is -2.07. The van der Waals surface area contributed by atoms with Gasteiger partial charge in [0.05, 0.1) is 11.9 Å². The average molecular weight is 376 g/mol. The van der Waals surface area contributed by atoms with Gasteiger partial charge in [-0.25, -0.2) is 9.79 Å². The second-order valence-corrected chi connectivity index (χ2v) is 6.45. The summed E-state index contributed by atoms with van der Waals surface area (Å²) in [6, 6.07) is 17.1. The van der Waals surface area contributed by atoms with Crippen LogP contribution in [0.5, 0.6) is 0 Å². The Morgan fingerprint density at radius 2 is 1.81 bits per heavy atom. The van der Waals surface area contributed by atoms with Crippen molar-refractivity contribution in [1.29, 1.82) is 0 Å². The Morgan fingerprint density at radius 1 is 1.04 bits per heavy atom. The first kappa shape index (κ1) is 17.1. The van der Waals surface area contributed by atoms with E-state index < -0.39 is 5.97 Å². The van der Waals surface area contributed by atoms with E-state index in [9.17, 15) is 9.90 Å². The number of allylic oxidation sites excluding steroid dienone is 1. The molecule has 0 unspecified atom stereocenters. The molecule has 5 nitrogen and oxygen atoms in total. The van der Waals surface area contributed by atoms with E-state index in [-0.39, 0.29) is 5.70 Å². The molecule has 1 N–H and O–H groups in total. The maximum absolute atomic E-state index is 11.3. The number of aliphatic imine (C=N–C) groups is 1. The number of carboxylic acids is 1. The molecule has 6 heteroatoms. The minimum Gasteiger partial charge on any atom is -0.477 e. The lowest BCUT2D eigenvalue weighted by atomic mass is 9.93. The van der Waals surface area contributed by atoms with Crippen LogP contribution in [0.1, 0.15) is 12.0 Å². The van der Waals surface area contributed by atoms with Crippen molar-refractivity contribution in [3.63, 3.8) is 0 Å². The first-order valence-electron chi connectivity index (χ1n) is 8.32. The average Bonchev–Trinajstić information content (AvgIpc) is 3.18. The van der Waals surface area contributed by atoms with E-state index in [0.717, 1.165) is 22.3 Å². The van der Waals surface area contributed by atoms with Crippen molar-refractivity contribution < 1.29 is 9.90 Å². The highest BCUT2D eigenvalue weighted by Crippen LogP contribution is 2.34. The maximum atomic E-state index is 11.3. The predicted molar refractivity (Wildman–Crippen MR) is 105 cm³/mol. The lowest BCUT2D eigenvalue weighted by molar-refractivity contribution is -0.132. The zero-order valence-electron chi connectivity index (χ0n) is 14.1. The Labute approximate surface area is 160 Å². The fourth-order valence-electron chi connectivity index (χ4n) is 3.08. The molecule has 0 amide bonds. The van der Waals surface area contributed by atoms with Gasteiger partial charge in [-0.05, 0) is 23.8 Å². The molecule has 0 saturated carbocycles. The smallest absolute Gasteiger partial charge is 0.354 e. The van der Waals surface area contributed by atoms with Crippen LogP contribution in [0.3, 0.4) is 0 Å². The van der Waals surface area contributed by atoms with Gasteiger partial charge in [0.2, 0.25) is 0 Å². The van der Waals surface area contributed by atoms with E-state index in [1.54, 1.807) is 18.3 Å². The van der Waals surface area contributed by atoms with Gasteiger partial charge in [0.1, 0.15) is 11.4 Å². The van der Waals surface area contributed by atoms with Crippen molar-refractivity contribution in [3.05, 3.63) is 83.2 Å². The van der Waals surface area contributed by atoms with E-state index in [1.165, 1.54) is 0 Å². The molecule has 0 fully saturated rings. The molecule has 2 heterocycles. The van der Waals surface area contributed by atoms with Crippen molar-refractivity contribution in [2.75, 3.05) is 0 Å². The van der Waals surface area contributed by atoms with E-state index >= 15 is 0 Å². The number of carbonyl (C=O) groups is 1. The highest BCUT2D eigenvalue weighted by atomic mass is 35.5. The topological polar surface area (TPSA) is 75.4 Å². The van der Waals surface area contributed by atoms with E-state index in [1.807, 2.05) is 48.5 Å². The Morgan fingerprint density at radius 3 is 2.52 bits per heavy atom. The molecule has 0 bridgehead atoms. The summed E-state index contributed by atoms with van der Waals surface area (Å²) in [7, 11) is 0. The number of halogens is 1. The third-order valence-corrected chi connectivity index (χ3v) is 4.52. The highest BCUT2D eigenvalue weighted by molar-refractivity contribution is 6.31. The third kappa shape index (κ3) is 3.37. The SMILES string of the molecule is O=C(O)C1=CCC(c2c(-c3ccccc3)cnnc2-c2cccc(Cl)c2)=N1. The monoisotopic (exact) mass is 375 g/mol. The van der Waals surface area contributed by atoms with Gasteiger partial charge in [0, 0.05) is 28.1 Å². The number of aromatic nitrogens is 2. The van der Waals surface area contributed by atoms with E-state index in [2.05, 4.69) is 15.2 Å². The number of carboxylic acid groups (broad SMARTS) is 1. The van der Waals surface area contributed by atoms with Crippen molar-refractivity contribution in [2.24, 2.45) is 4.99 Å². The Bertz CT molecular complexity index is 1090. The van der Waals surface area contributed by atoms with Crippen molar-refractivity contribution in [1.82, 2.24) is 10.2 Å². The number of nitrogens with zero attached hydrogens (tertiary/aromatic N) is 3. The molecule has 0 atom stereocenters. The van der Waals surface area contributed by atoms with Gasteiger partial charge in [-0.1, -0.05) is 54.1 Å². The lowest BCUT2D eigenvalue weighted by Gasteiger charge is -2.14. The summed E-state index contributed by atoms with van der Waals surface area (Å²) >= 11 is 6.16. The normalized spacial score (nSPS) is 13.2. The zero-order chi connectivity index (χ0) is 18.8. The third-order valence-electron chi connectivity index (χ3n) is 4.29. The largest absolute Gasteiger partial charge is 0.477 e. The molecule has 4 rings (SSSR count). The molecule has 2 aromatic carbocycles. The van der Waals surface area contributed by atoms with Crippen LogP contribution in [0.2, 0.25) is 5.02 Å². The first-order valence-corrected chi connectivity index (χ1v) is 8.69. The van der Waals surface area contributed by atoms with E-state index in [0.29, 0.717) is 22.8 Å². The summed E-state index contributed by atoms with van der Waals surface area (Å²) < 4.78 is 0. The summed E-state index contributed by atoms with van der Waals surface area (Å²) in [5, 5.41) is 18.4. The standard InChI is InChI=1S/C21H14ClN3O2/c22-15-8-4-7-14(11-15)20-19(17-9-10-18(24-17)21(26)27)16(12-23-25-20)13-5-2-1-3-6-13/h1-8,10-12H,9H2,(H,26,27).